The fraction of sp³-hybridized carbons (Fsp3) is 0.750. The van der Waals surface area contributed by atoms with Crippen molar-refractivity contribution in [2.75, 3.05) is 19.9 Å². The van der Waals surface area contributed by atoms with Crippen molar-refractivity contribution < 1.29 is 19.1 Å². The largest absolute Gasteiger partial charge is 0.384 e. The summed E-state index contributed by atoms with van der Waals surface area (Å²) in [7, 11) is -2.36. The van der Waals surface area contributed by atoms with Gasteiger partial charge in [-0.1, -0.05) is 0 Å². The average Bonchev–Trinajstić information content (AvgIpc) is 1.63. The quantitative estimate of drug-likeness (QED) is 0.441. The van der Waals surface area contributed by atoms with E-state index in [4.69, 9.17) is 9.79 Å². The molecule has 0 aromatic rings. The van der Waals surface area contributed by atoms with E-state index in [0.717, 1.165) is 0 Å². The number of ether oxygens (including phenoxy) is 1. The Balaban J connectivity index is 3.18. The maximum Gasteiger partial charge on any atom is 0.325 e. The highest BCUT2D eigenvalue weighted by molar-refractivity contribution is 7.51. The SMILES string of the molecule is COC[CH]CP(=O)(O)O. The first-order valence-corrected chi connectivity index (χ1v) is 4.21. The second kappa shape index (κ2) is 4.01. The summed E-state index contributed by atoms with van der Waals surface area (Å²) in [6.45, 7) is 0.283. The summed E-state index contributed by atoms with van der Waals surface area (Å²) in [6, 6.07) is 0. The second-order valence-corrected chi connectivity index (χ2v) is 3.29. The molecule has 0 aliphatic carbocycles. The zero-order valence-electron chi connectivity index (χ0n) is 5.15. The van der Waals surface area contributed by atoms with Crippen molar-refractivity contribution in [1.82, 2.24) is 0 Å². The van der Waals surface area contributed by atoms with E-state index in [9.17, 15) is 4.57 Å². The molecule has 4 nitrogen and oxygen atoms in total. The van der Waals surface area contributed by atoms with Crippen LogP contribution in [0.5, 0.6) is 0 Å². The van der Waals surface area contributed by atoms with Gasteiger partial charge in [0.2, 0.25) is 0 Å². The Morgan fingerprint density at radius 1 is 1.67 bits per heavy atom. The number of hydrogen-bond acceptors (Lipinski definition) is 2. The molecule has 2 N–H and O–H groups in total. The highest BCUT2D eigenvalue weighted by atomic mass is 31.2. The number of rotatable bonds is 4. The van der Waals surface area contributed by atoms with Crippen LogP contribution in [0.2, 0.25) is 0 Å². The van der Waals surface area contributed by atoms with Gasteiger partial charge in [0.25, 0.3) is 0 Å². The van der Waals surface area contributed by atoms with Gasteiger partial charge in [-0.25, -0.2) is 0 Å². The molecule has 5 heteroatoms. The van der Waals surface area contributed by atoms with Crippen LogP contribution in [0.1, 0.15) is 0 Å². The molecule has 55 valence electrons. The molecule has 0 saturated carbocycles. The van der Waals surface area contributed by atoms with Crippen molar-refractivity contribution in [3.8, 4) is 0 Å². The molecule has 0 aliphatic rings. The molecule has 1 radical (unpaired) electrons. The topological polar surface area (TPSA) is 66.8 Å². The summed E-state index contributed by atoms with van der Waals surface area (Å²) in [4.78, 5) is 16.5. The van der Waals surface area contributed by atoms with Gasteiger partial charge < -0.3 is 14.5 Å². The Hall–Kier alpha value is 0.110. The van der Waals surface area contributed by atoms with Crippen molar-refractivity contribution in [1.29, 1.82) is 0 Å². The van der Waals surface area contributed by atoms with E-state index in [1.165, 1.54) is 13.5 Å². The van der Waals surface area contributed by atoms with Gasteiger partial charge in [0, 0.05) is 13.7 Å². The first-order valence-electron chi connectivity index (χ1n) is 2.41. The van der Waals surface area contributed by atoms with Crippen molar-refractivity contribution in [2.24, 2.45) is 0 Å². The van der Waals surface area contributed by atoms with E-state index < -0.39 is 7.60 Å². The second-order valence-electron chi connectivity index (χ2n) is 1.59. The van der Waals surface area contributed by atoms with E-state index >= 15 is 0 Å². The number of hydrogen-bond donors (Lipinski definition) is 2. The Kier molecular flexibility index (Phi) is 4.06. The van der Waals surface area contributed by atoms with E-state index in [1.807, 2.05) is 0 Å². The molecule has 9 heavy (non-hydrogen) atoms. The fourth-order valence-corrected chi connectivity index (χ4v) is 0.780. The molecule has 0 fully saturated rings. The van der Waals surface area contributed by atoms with Gasteiger partial charge in [-0.2, -0.15) is 0 Å². The Morgan fingerprint density at radius 2 is 2.22 bits per heavy atom. The first kappa shape index (κ1) is 9.11. The van der Waals surface area contributed by atoms with Crippen molar-refractivity contribution in [2.45, 2.75) is 0 Å². The summed E-state index contributed by atoms with van der Waals surface area (Å²) >= 11 is 0. The minimum absolute atomic E-state index is 0.208. The van der Waals surface area contributed by atoms with Crippen LogP contribution in [-0.2, 0) is 9.30 Å². The van der Waals surface area contributed by atoms with Crippen molar-refractivity contribution in [3.63, 3.8) is 0 Å². The molecule has 0 amide bonds. The van der Waals surface area contributed by atoms with E-state index in [0.29, 0.717) is 0 Å². The van der Waals surface area contributed by atoms with E-state index in [2.05, 4.69) is 4.74 Å². The van der Waals surface area contributed by atoms with Crippen LogP contribution in [-0.4, -0.2) is 29.7 Å². The monoisotopic (exact) mass is 153 g/mol. The Labute approximate surface area is 54.0 Å². The first-order chi connectivity index (χ1) is 4.06. The minimum Gasteiger partial charge on any atom is -0.384 e. The van der Waals surface area contributed by atoms with Gasteiger partial charge in [0.15, 0.2) is 0 Å². The summed E-state index contributed by atoms with van der Waals surface area (Å²) < 4.78 is 14.7. The minimum atomic E-state index is -3.83. The van der Waals surface area contributed by atoms with Crippen LogP contribution in [0.15, 0.2) is 0 Å². The summed E-state index contributed by atoms with van der Waals surface area (Å²) in [6.07, 6.45) is 1.20. The molecule has 0 spiro atoms. The van der Waals surface area contributed by atoms with Gasteiger partial charge >= 0.3 is 7.60 Å². The van der Waals surface area contributed by atoms with Crippen LogP contribution in [0.3, 0.4) is 0 Å². The third-order valence-electron chi connectivity index (χ3n) is 0.651. The molecular weight excluding hydrogens is 143 g/mol. The lowest BCUT2D eigenvalue weighted by Gasteiger charge is -2.00. The van der Waals surface area contributed by atoms with Crippen LogP contribution in [0, 0.1) is 6.42 Å². The van der Waals surface area contributed by atoms with Gasteiger partial charge in [0.05, 0.1) is 6.16 Å². The fourth-order valence-electron chi connectivity index (χ4n) is 0.339. The highest BCUT2D eigenvalue weighted by Crippen LogP contribution is 2.34. The van der Waals surface area contributed by atoms with Crippen molar-refractivity contribution in [3.05, 3.63) is 6.42 Å². The lowest BCUT2D eigenvalue weighted by Crippen LogP contribution is -1.95. The molecule has 0 atom stereocenters. The molecule has 0 saturated heterocycles. The lowest BCUT2D eigenvalue weighted by atomic mass is 10.5. The molecular formula is C4H10O4P. The summed E-state index contributed by atoms with van der Waals surface area (Å²) in [5, 5.41) is 0. The van der Waals surface area contributed by atoms with Crippen LogP contribution < -0.4 is 0 Å². The standard InChI is InChI=1S/C4H10O4P/c1-8-3-2-4-9(5,6)7/h2H,3-4H2,1H3,(H2,5,6,7). The van der Waals surface area contributed by atoms with Crippen LogP contribution >= 0.6 is 7.60 Å². The predicted molar refractivity (Wildman–Crippen MR) is 33.1 cm³/mol. The third kappa shape index (κ3) is 8.11. The average molecular weight is 153 g/mol. The van der Waals surface area contributed by atoms with Gasteiger partial charge in [-0.05, 0) is 6.42 Å². The van der Waals surface area contributed by atoms with Crippen LogP contribution in [0.4, 0.5) is 0 Å². The molecule has 0 rings (SSSR count). The molecule has 0 unspecified atom stereocenters. The molecule has 0 heterocycles. The highest BCUT2D eigenvalue weighted by Gasteiger charge is 2.10. The predicted octanol–water partition coefficient (Wildman–Crippen LogP) is 0.0148. The van der Waals surface area contributed by atoms with E-state index in [1.54, 1.807) is 0 Å². The molecule has 0 aromatic carbocycles. The van der Waals surface area contributed by atoms with Gasteiger partial charge in [-0.15, -0.1) is 0 Å². The normalized spacial score (nSPS) is 11.9. The Morgan fingerprint density at radius 3 is 2.56 bits per heavy atom. The Bertz CT molecular complexity index is 107. The molecule has 0 bridgehead atoms. The smallest absolute Gasteiger partial charge is 0.325 e. The molecule has 0 aliphatic heterocycles. The van der Waals surface area contributed by atoms with E-state index in [-0.39, 0.29) is 12.8 Å². The molecule has 0 aromatic heterocycles. The van der Waals surface area contributed by atoms with Gasteiger partial charge in [0.1, 0.15) is 0 Å². The maximum absolute atomic E-state index is 10.1. The van der Waals surface area contributed by atoms with Crippen molar-refractivity contribution >= 4 is 7.60 Å². The third-order valence-corrected chi connectivity index (χ3v) is 1.39. The lowest BCUT2D eigenvalue weighted by molar-refractivity contribution is 0.222. The maximum atomic E-state index is 10.1. The number of methoxy groups -OCH3 is 1. The summed E-state index contributed by atoms with van der Waals surface area (Å²) in [5.41, 5.74) is 0. The summed E-state index contributed by atoms with van der Waals surface area (Å²) in [5.74, 6) is 0. The van der Waals surface area contributed by atoms with Crippen LogP contribution in [0.25, 0.3) is 0 Å². The zero-order chi connectivity index (χ0) is 7.33. The zero-order valence-corrected chi connectivity index (χ0v) is 6.04. The van der Waals surface area contributed by atoms with Gasteiger partial charge in [-0.3, -0.25) is 4.57 Å².